The number of carboxylic acids is 1. The zero-order valence-corrected chi connectivity index (χ0v) is 13.2. The fraction of sp³-hybridized carbons (Fsp3) is 0.812. The Balaban J connectivity index is 4.50. The van der Waals surface area contributed by atoms with Crippen LogP contribution in [0.5, 0.6) is 0 Å². The Hall–Kier alpha value is -0.870. The van der Waals surface area contributed by atoms with Crippen LogP contribution in [0, 0.1) is 0 Å². The molecule has 0 amide bonds. The van der Waals surface area contributed by atoms with Gasteiger partial charge in [-0.1, -0.05) is 26.3 Å². The maximum atomic E-state index is 11.1. The lowest BCUT2D eigenvalue weighted by molar-refractivity contribution is -0.924. The third-order valence-electron chi connectivity index (χ3n) is 3.66. The van der Waals surface area contributed by atoms with E-state index in [4.69, 9.17) is 5.11 Å². The molecule has 0 heterocycles. The normalized spacial score (nSPS) is 13.2. The highest BCUT2D eigenvalue weighted by molar-refractivity contribution is 5.67. The van der Waals surface area contributed by atoms with Crippen LogP contribution in [0.25, 0.3) is 0 Å². The third-order valence-corrected chi connectivity index (χ3v) is 3.66. The van der Waals surface area contributed by atoms with Crippen LogP contribution in [-0.4, -0.2) is 52.9 Å². The van der Waals surface area contributed by atoms with Gasteiger partial charge in [-0.05, 0) is 32.1 Å². The van der Waals surface area contributed by atoms with Gasteiger partial charge in [0.2, 0.25) is 0 Å². The van der Waals surface area contributed by atoms with Gasteiger partial charge in [-0.3, -0.25) is 0 Å². The molecule has 20 heavy (non-hydrogen) atoms. The second-order valence-corrected chi connectivity index (χ2v) is 5.75. The molecule has 0 radical (unpaired) electrons. The largest absolute Gasteiger partial charge is 0.477 e. The van der Waals surface area contributed by atoms with Gasteiger partial charge in [-0.2, -0.15) is 0 Å². The van der Waals surface area contributed by atoms with E-state index >= 15 is 0 Å². The van der Waals surface area contributed by atoms with Gasteiger partial charge in [0.15, 0.2) is 6.54 Å². The lowest BCUT2D eigenvalue weighted by atomic mass is 10.1. The number of hydrogen-bond donors (Lipinski definition) is 2. The lowest BCUT2D eigenvalue weighted by Crippen LogP contribution is -2.55. The van der Waals surface area contributed by atoms with Gasteiger partial charge in [0.1, 0.15) is 12.6 Å². The van der Waals surface area contributed by atoms with E-state index in [9.17, 15) is 9.90 Å². The van der Waals surface area contributed by atoms with Crippen LogP contribution in [-0.2, 0) is 4.79 Å². The van der Waals surface area contributed by atoms with Crippen molar-refractivity contribution in [2.24, 2.45) is 0 Å². The molecule has 0 aromatic carbocycles. The van der Waals surface area contributed by atoms with Crippen LogP contribution in [0.4, 0.5) is 0 Å². The Kier molecular flexibility index (Phi) is 10.4. The van der Waals surface area contributed by atoms with Gasteiger partial charge >= 0.3 is 5.97 Å². The number of aliphatic hydroxyl groups is 1. The average Bonchev–Trinajstić information content (AvgIpc) is 2.34. The molecule has 0 rings (SSSR count). The van der Waals surface area contributed by atoms with Crippen molar-refractivity contribution in [3.05, 3.63) is 12.7 Å². The van der Waals surface area contributed by atoms with Crippen molar-refractivity contribution < 1.29 is 19.5 Å². The summed E-state index contributed by atoms with van der Waals surface area (Å²) in [5.74, 6) is -0.772. The number of aliphatic carboxylic acids is 1. The van der Waals surface area contributed by atoms with Crippen molar-refractivity contribution >= 4 is 5.97 Å². The highest BCUT2D eigenvalue weighted by Gasteiger charge is 2.31. The molecule has 0 aliphatic rings. The fourth-order valence-electron chi connectivity index (χ4n) is 2.96. The molecule has 0 aromatic heterocycles. The molecule has 1 unspecified atom stereocenters. The fourth-order valence-corrected chi connectivity index (χ4v) is 2.96. The summed E-state index contributed by atoms with van der Waals surface area (Å²) in [6, 6.07) is 0. The topological polar surface area (TPSA) is 57.5 Å². The average molecular weight is 286 g/mol. The summed E-state index contributed by atoms with van der Waals surface area (Å²) in [7, 11) is 0. The number of rotatable bonds is 13. The second-order valence-electron chi connectivity index (χ2n) is 5.75. The van der Waals surface area contributed by atoms with Crippen LogP contribution >= 0.6 is 0 Å². The predicted molar refractivity (Wildman–Crippen MR) is 82.6 cm³/mol. The van der Waals surface area contributed by atoms with Gasteiger partial charge in [0.05, 0.1) is 13.1 Å². The predicted octanol–water partition coefficient (Wildman–Crippen LogP) is 2.82. The van der Waals surface area contributed by atoms with E-state index in [1.54, 1.807) is 0 Å². The molecule has 118 valence electrons. The molecule has 0 spiro atoms. The van der Waals surface area contributed by atoms with Crippen molar-refractivity contribution in [2.45, 2.75) is 58.5 Å². The molecule has 0 saturated heterocycles. The summed E-state index contributed by atoms with van der Waals surface area (Å²) >= 11 is 0. The Bertz CT molecular complexity index is 273. The van der Waals surface area contributed by atoms with Crippen LogP contribution in [0.1, 0.15) is 52.4 Å². The Morgan fingerprint density at radius 3 is 2.30 bits per heavy atom. The van der Waals surface area contributed by atoms with E-state index in [1.807, 2.05) is 6.08 Å². The Morgan fingerprint density at radius 1 is 1.25 bits per heavy atom. The Labute approximate surface area is 123 Å². The van der Waals surface area contributed by atoms with Crippen molar-refractivity contribution in [1.82, 2.24) is 0 Å². The van der Waals surface area contributed by atoms with Crippen molar-refractivity contribution in [2.75, 3.05) is 26.2 Å². The summed E-state index contributed by atoms with van der Waals surface area (Å²) in [6.45, 7) is 10.1. The summed E-state index contributed by atoms with van der Waals surface area (Å²) in [5, 5.41) is 19.4. The first-order chi connectivity index (χ1) is 9.49. The number of aliphatic hydroxyl groups excluding tert-OH is 1. The molecule has 0 fully saturated rings. The maximum absolute atomic E-state index is 11.1. The first-order valence-corrected chi connectivity index (χ1v) is 7.85. The number of unbranched alkanes of at least 4 members (excludes halogenated alkanes) is 2. The van der Waals surface area contributed by atoms with Gasteiger partial charge in [-0.25, -0.2) is 4.79 Å². The quantitative estimate of drug-likeness (QED) is 0.311. The van der Waals surface area contributed by atoms with E-state index in [0.29, 0.717) is 11.0 Å². The minimum atomic E-state index is -0.772. The highest BCUT2D eigenvalue weighted by atomic mass is 16.4. The molecule has 0 aromatic rings. The molecule has 1 atom stereocenters. The highest BCUT2D eigenvalue weighted by Crippen LogP contribution is 2.15. The zero-order valence-electron chi connectivity index (χ0n) is 13.2. The number of allylic oxidation sites excluding steroid dienone is 1. The SMILES string of the molecule is C=CCCCCC(O)C[N+](CCC)(CCC)CC(=O)O. The minimum Gasteiger partial charge on any atom is -0.477 e. The molecule has 4 nitrogen and oxygen atoms in total. The zero-order chi connectivity index (χ0) is 15.4. The van der Waals surface area contributed by atoms with Crippen molar-refractivity contribution in [1.29, 1.82) is 0 Å². The van der Waals surface area contributed by atoms with Crippen LogP contribution in [0.15, 0.2) is 12.7 Å². The van der Waals surface area contributed by atoms with Crippen LogP contribution in [0.3, 0.4) is 0 Å². The van der Waals surface area contributed by atoms with E-state index in [0.717, 1.165) is 51.6 Å². The van der Waals surface area contributed by atoms with Gasteiger partial charge < -0.3 is 14.7 Å². The van der Waals surface area contributed by atoms with E-state index in [-0.39, 0.29) is 6.54 Å². The number of carboxylic acid groups (broad SMARTS) is 1. The van der Waals surface area contributed by atoms with E-state index in [1.165, 1.54) is 0 Å². The third kappa shape index (κ3) is 8.33. The van der Waals surface area contributed by atoms with Crippen LogP contribution in [0.2, 0.25) is 0 Å². The van der Waals surface area contributed by atoms with Gasteiger partial charge in [-0.15, -0.1) is 6.58 Å². The molecule has 0 saturated carbocycles. The first-order valence-electron chi connectivity index (χ1n) is 7.85. The smallest absolute Gasteiger partial charge is 0.359 e. The molecular weight excluding hydrogens is 254 g/mol. The summed E-state index contributed by atoms with van der Waals surface area (Å²) in [5.41, 5.74) is 0. The summed E-state index contributed by atoms with van der Waals surface area (Å²) < 4.78 is 0.505. The maximum Gasteiger partial charge on any atom is 0.359 e. The molecule has 0 bridgehead atoms. The van der Waals surface area contributed by atoms with Crippen LogP contribution < -0.4 is 0 Å². The monoisotopic (exact) mass is 286 g/mol. The molecular formula is C16H32NO3+. The van der Waals surface area contributed by atoms with Crippen molar-refractivity contribution in [3.8, 4) is 0 Å². The lowest BCUT2D eigenvalue weighted by Gasteiger charge is -2.38. The minimum absolute atomic E-state index is 0.116. The number of hydrogen-bond acceptors (Lipinski definition) is 2. The second kappa shape index (κ2) is 10.9. The van der Waals surface area contributed by atoms with E-state index in [2.05, 4.69) is 20.4 Å². The van der Waals surface area contributed by atoms with Gasteiger partial charge in [0, 0.05) is 0 Å². The molecule has 2 N–H and O–H groups in total. The number of carbonyl (C=O) groups is 1. The first kappa shape index (κ1) is 19.1. The molecule has 4 heteroatoms. The number of quaternary nitrogens is 1. The van der Waals surface area contributed by atoms with Crippen molar-refractivity contribution in [3.63, 3.8) is 0 Å². The van der Waals surface area contributed by atoms with E-state index < -0.39 is 12.1 Å². The Morgan fingerprint density at radius 2 is 1.85 bits per heavy atom. The standard InChI is InChI=1S/C16H31NO3/c1-4-7-8-9-10-15(18)13-17(11-5-2,12-6-3)14-16(19)20/h4,15,18H,1,5-14H2,2-3H3/p+1. The summed E-state index contributed by atoms with van der Waals surface area (Å²) in [6.07, 6.45) is 7.11. The molecule has 0 aliphatic carbocycles. The summed E-state index contributed by atoms with van der Waals surface area (Å²) in [4.78, 5) is 11.1. The molecule has 0 aliphatic heterocycles. The number of nitrogens with zero attached hydrogens (tertiary/aromatic N) is 1. The van der Waals surface area contributed by atoms with Gasteiger partial charge in [0.25, 0.3) is 0 Å².